The molecule has 2 aromatic rings. The second-order valence-corrected chi connectivity index (χ2v) is 6.59. The molecule has 0 amide bonds. The monoisotopic (exact) mass is 413 g/mol. The quantitative estimate of drug-likeness (QED) is 0.530. The largest absolute Gasteiger partial charge is 0.781 e. The van der Waals surface area contributed by atoms with Crippen molar-refractivity contribution in [2.24, 2.45) is 0 Å². The number of benzene rings is 2. The number of aryl methyl sites for hydroxylation is 2. The van der Waals surface area contributed by atoms with E-state index in [0.717, 1.165) is 26.0 Å². The molecule has 0 aromatic heterocycles. The molecule has 0 aliphatic carbocycles. The van der Waals surface area contributed by atoms with E-state index in [0.29, 0.717) is 0 Å². The number of hydrogen-bond donors (Lipinski definition) is 0. The second-order valence-electron chi connectivity index (χ2n) is 4.83. The van der Waals surface area contributed by atoms with Gasteiger partial charge in [0.1, 0.15) is 0 Å². The van der Waals surface area contributed by atoms with Crippen LogP contribution in [-0.4, -0.2) is 0 Å². The molecule has 0 unspecified atom stereocenters. The summed E-state index contributed by atoms with van der Waals surface area (Å²) < 4.78 is 0. The molecule has 0 nitrogen and oxygen atoms in total. The summed E-state index contributed by atoms with van der Waals surface area (Å²) in [5.41, 5.74) is 2.49. The first kappa shape index (κ1) is 21.8. The van der Waals surface area contributed by atoms with Gasteiger partial charge in [0, 0.05) is 17.1 Å². The minimum absolute atomic E-state index is 0. The zero-order chi connectivity index (χ0) is 15.8. The van der Waals surface area contributed by atoms with E-state index in [2.05, 4.69) is 13.0 Å². The summed E-state index contributed by atoms with van der Waals surface area (Å²) in [7, 11) is 0. The molecule has 0 atom stereocenters. The fourth-order valence-corrected chi connectivity index (χ4v) is 2.43. The van der Waals surface area contributed by atoms with E-state index in [4.69, 9.17) is 50.5 Å². The van der Waals surface area contributed by atoms with Crippen LogP contribution in [0.2, 0.25) is 0 Å². The van der Waals surface area contributed by atoms with Gasteiger partial charge in [-0.05, 0) is 25.3 Å². The van der Waals surface area contributed by atoms with Crippen LogP contribution in [0.25, 0.3) is 0 Å². The molecule has 0 N–H and O–H groups in total. The summed E-state index contributed by atoms with van der Waals surface area (Å²) in [6.45, 7) is 4.20. The predicted octanol–water partition coefficient (Wildman–Crippen LogP) is 4.64. The average molecular weight is 414 g/mol. The van der Waals surface area contributed by atoms with Gasteiger partial charge in [0.05, 0.1) is 0 Å². The molecule has 0 bridgehead atoms. The molecule has 0 spiro atoms. The van der Waals surface area contributed by atoms with Crippen LogP contribution in [0, 0.1) is 6.92 Å². The Morgan fingerprint density at radius 3 is 1.77 bits per heavy atom. The van der Waals surface area contributed by atoms with Crippen LogP contribution in [0.4, 0.5) is 0 Å². The Morgan fingerprint density at radius 2 is 1.32 bits per heavy atom. The fourth-order valence-electron chi connectivity index (χ4n) is 1.70. The molecule has 0 heterocycles. The molecule has 2 rings (SSSR count). The van der Waals surface area contributed by atoms with Crippen LogP contribution in [0.15, 0.2) is 56.0 Å². The Hall–Kier alpha value is -0.161. The van der Waals surface area contributed by atoms with Gasteiger partial charge >= 0.3 is 0 Å². The van der Waals surface area contributed by atoms with E-state index in [1.807, 2.05) is 37.3 Å². The van der Waals surface area contributed by atoms with Crippen molar-refractivity contribution in [3.05, 3.63) is 47.5 Å². The predicted molar refractivity (Wildman–Crippen MR) is 98.8 cm³/mol. The van der Waals surface area contributed by atoms with E-state index in [1.165, 1.54) is 24.0 Å². The molecule has 22 heavy (non-hydrogen) atoms. The van der Waals surface area contributed by atoms with E-state index in [9.17, 15) is 0 Å². The zero-order valence-electron chi connectivity index (χ0n) is 12.5. The number of hydrogen-bond acceptors (Lipinski definition) is 4. The van der Waals surface area contributed by atoms with Crippen molar-refractivity contribution in [1.82, 2.24) is 0 Å². The Bertz CT molecular complexity index is 585. The average Bonchev–Trinajstić information content (AvgIpc) is 2.45. The fraction of sp³-hybridized carbons (Fsp3) is 0.294. The number of rotatable bonds is 3. The molecule has 0 saturated heterocycles. The van der Waals surface area contributed by atoms with Crippen LogP contribution in [-0.2, 0) is 74.0 Å². The topological polar surface area (TPSA) is 0 Å². The maximum atomic E-state index is 5.09. The van der Waals surface area contributed by atoms with E-state index in [1.54, 1.807) is 0 Å². The van der Waals surface area contributed by atoms with Gasteiger partial charge in [0.15, 0.2) is 0 Å². The SMILES string of the molecule is CCCCc1ccc([S-])c([S-])c1.Cc1ccc([S-])c([S-])c1.[Cu]. The van der Waals surface area contributed by atoms with Gasteiger partial charge in [0.25, 0.3) is 0 Å². The normalized spacial score (nSPS) is 9.36. The third-order valence-corrected chi connectivity index (χ3v) is 4.57. The van der Waals surface area contributed by atoms with Gasteiger partial charge in [0.2, 0.25) is 0 Å². The molecule has 125 valence electrons. The molecule has 2 aromatic carbocycles. The van der Waals surface area contributed by atoms with Crippen molar-refractivity contribution >= 4 is 50.5 Å². The van der Waals surface area contributed by atoms with Gasteiger partial charge in [-0.2, -0.15) is 19.6 Å². The van der Waals surface area contributed by atoms with Crippen molar-refractivity contribution in [1.29, 1.82) is 0 Å². The van der Waals surface area contributed by atoms with Crippen molar-refractivity contribution in [2.75, 3.05) is 0 Å². The summed E-state index contributed by atoms with van der Waals surface area (Å²) in [6, 6.07) is 11.8. The number of unbranched alkanes of at least 4 members (excludes halogenated alkanes) is 1. The van der Waals surface area contributed by atoms with Crippen molar-refractivity contribution < 1.29 is 17.1 Å². The minimum Gasteiger partial charge on any atom is -0.781 e. The molecule has 0 fully saturated rings. The molecule has 1 radical (unpaired) electrons. The Balaban J connectivity index is 0.000000397. The molecular weight excluding hydrogens is 396 g/mol. The van der Waals surface area contributed by atoms with E-state index >= 15 is 0 Å². The first-order chi connectivity index (χ1) is 9.93. The first-order valence-corrected chi connectivity index (χ1v) is 8.49. The molecule has 0 aliphatic heterocycles. The van der Waals surface area contributed by atoms with Crippen LogP contribution < -0.4 is 0 Å². The van der Waals surface area contributed by atoms with Crippen molar-refractivity contribution in [2.45, 2.75) is 52.7 Å². The molecule has 0 aliphatic rings. The summed E-state index contributed by atoms with van der Waals surface area (Å²) in [5, 5.41) is 0. The summed E-state index contributed by atoms with van der Waals surface area (Å²) in [6.07, 6.45) is 3.57. The standard InChI is InChI=1S/C10H14S2.C7H8S2.Cu/c1-2-3-4-8-5-6-9(11)10(12)7-8;1-5-2-3-6(8)7(9)4-5;/h5-7,11-12H,2-4H2,1H3;2-4,8-9H,1H3;/p-4. The maximum Gasteiger partial charge on any atom is 0 e. The maximum absolute atomic E-state index is 5.09. The second kappa shape index (κ2) is 11.4. The van der Waals surface area contributed by atoms with Gasteiger partial charge in [-0.3, -0.25) is 0 Å². The van der Waals surface area contributed by atoms with Crippen LogP contribution in [0.5, 0.6) is 0 Å². The van der Waals surface area contributed by atoms with Crippen molar-refractivity contribution in [3.8, 4) is 0 Å². The van der Waals surface area contributed by atoms with E-state index < -0.39 is 0 Å². The molecule has 5 heteroatoms. The first-order valence-electron chi connectivity index (χ1n) is 6.85. The van der Waals surface area contributed by atoms with Gasteiger partial charge in [-0.1, -0.05) is 55.3 Å². The zero-order valence-corrected chi connectivity index (χ0v) is 16.7. The molecular formula is C17H18CuS4-4. The van der Waals surface area contributed by atoms with Gasteiger partial charge in [-0.15, -0.1) is 0 Å². The summed E-state index contributed by atoms with van der Waals surface area (Å²) in [4.78, 5) is 3.17. The minimum atomic E-state index is 0. The third-order valence-electron chi connectivity index (χ3n) is 2.93. The summed E-state index contributed by atoms with van der Waals surface area (Å²) in [5.74, 6) is 0. The van der Waals surface area contributed by atoms with Crippen LogP contribution >= 0.6 is 0 Å². The van der Waals surface area contributed by atoms with Crippen LogP contribution in [0.1, 0.15) is 30.9 Å². The third kappa shape index (κ3) is 7.91. The van der Waals surface area contributed by atoms with E-state index in [-0.39, 0.29) is 17.1 Å². The van der Waals surface area contributed by atoms with Gasteiger partial charge in [-0.25, -0.2) is 0 Å². The van der Waals surface area contributed by atoms with Crippen molar-refractivity contribution in [3.63, 3.8) is 0 Å². The van der Waals surface area contributed by atoms with Crippen LogP contribution in [0.3, 0.4) is 0 Å². The smallest absolute Gasteiger partial charge is 0 e. The summed E-state index contributed by atoms with van der Waals surface area (Å²) >= 11 is 20.0. The Kier molecular flexibility index (Phi) is 11.3. The Labute approximate surface area is 167 Å². The van der Waals surface area contributed by atoms with Gasteiger partial charge < -0.3 is 50.5 Å². The Morgan fingerprint density at radius 1 is 0.773 bits per heavy atom. The molecule has 0 saturated carbocycles.